The van der Waals surface area contributed by atoms with E-state index >= 15 is 0 Å². The van der Waals surface area contributed by atoms with E-state index in [0.29, 0.717) is 27.0 Å². The zero-order valence-electron chi connectivity index (χ0n) is 15.3. The van der Waals surface area contributed by atoms with Gasteiger partial charge in [0.25, 0.3) is 5.91 Å². The number of benzene rings is 2. The van der Waals surface area contributed by atoms with Gasteiger partial charge in [0.2, 0.25) is 0 Å². The zero-order chi connectivity index (χ0) is 21.3. The topological polar surface area (TPSA) is 70.8 Å². The average Bonchev–Trinajstić information content (AvgIpc) is 3.29. The van der Waals surface area contributed by atoms with Crippen LogP contribution in [-0.4, -0.2) is 26.2 Å². The highest BCUT2D eigenvalue weighted by Crippen LogP contribution is 2.39. The highest BCUT2D eigenvalue weighted by molar-refractivity contribution is 8.26. The van der Waals surface area contributed by atoms with Crippen LogP contribution in [0.3, 0.4) is 0 Å². The third-order valence-electron chi connectivity index (χ3n) is 4.44. The molecule has 0 bridgehead atoms. The minimum Gasteiger partial charge on any atom is -0.479 e. The van der Waals surface area contributed by atoms with E-state index in [-0.39, 0.29) is 4.32 Å². The van der Waals surface area contributed by atoms with Crippen LogP contribution < -0.4 is 0 Å². The molecule has 5 nitrogen and oxygen atoms in total. The number of hydrogen-bond acceptors (Lipinski definition) is 5. The van der Waals surface area contributed by atoms with Gasteiger partial charge in [0.1, 0.15) is 15.8 Å². The maximum atomic E-state index is 13.0. The second-order valence-corrected chi connectivity index (χ2v) is 8.53. The highest BCUT2D eigenvalue weighted by Gasteiger charge is 2.41. The lowest BCUT2D eigenvalue weighted by atomic mass is 10.1. The molecule has 1 amide bonds. The van der Waals surface area contributed by atoms with E-state index in [1.54, 1.807) is 60.7 Å². The second kappa shape index (κ2) is 8.47. The minimum absolute atomic E-state index is 0.184. The molecule has 1 atom stereocenters. The molecular weight excluding hydrogens is 442 g/mol. The van der Waals surface area contributed by atoms with Crippen LogP contribution >= 0.6 is 35.6 Å². The third kappa shape index (κ3) is 4.05. The first kappa shape index (κ1) is 20.4. The van der Waals surface area contributed by atoms with Gasteiger partial charge >= 0.3 is 5.97 Å². The fraction of sp³-hybridized carbons (Fsp3) is 0.0455. The highest BCUT2D eigenvalue weighted by atomic mass is 35.5. The molecule has 8 heteroatoms. The van der Waals surface area contributed by atoms with E-state index < -0.39 is 17.9 Å². The Kier molecular flexibility index (Phi) is 5.76. The molecule has 3 aromatic rings. The number of halogens is 1. The molecule has 30 heavy (non-hydrogen) atoms. The van der Waals surface area contributed by atoms with Crippen molar-refractivity contribution >= 4 is 57.9 Å². The van der Waals surface area contributed by atoms with Crippen LogP contribution in [0.4, 0.5) is 0 Å². The maximum Gasteiger partial charge on any atom is 0.331 e. The van der Waals surface area contributed by atoms with Gasteiger partial charge < -0.3 is 9.52 Å². The molecule has 2 aromatic carbocycles. The van der Waals surface area contributed by atoms with Gasteiger partial charge in [-0.2, -0.15) is 0 Å². The van der Waals surface area contributed by atoms with Crippen molar-refractivity contribution < 1.29 is 19.1 Å². The smallest absolute Gasteiger partial charge is 0.331 e. The summed E-state index contributed by atoms with van der Waals surface area (Å²) < 4.78 is 6.00. The molecule has 2 heterocycles. The summed E-state index contributed by atoms with van der Waals surface area (Å²) in [5.41, 5.74) is 1.29. The first-order valence-electron chi connectivity index (χ1n) is 8.84. The number of carbonyl (C=O) groups excluding carboxylic acids is 1. The van der Waals surface area contributed by atoms with Crippen LogP contribution in [-0.2, 0) is 9.59 Å². The zero-order valence-corrected chi connectivity index (χ0v) is 17.7. The SMILES string of the molecule is O=C(O)C(c1ccccc1)N1C(=O)/C(=C\c2ccc(-c3cccc(Cl)c3)o2)SC1=S. The molecule has 1 aliphatic heterocycles. The Morgan fingerprint density at radius 2 is 1.90 bits per heavy atom. The first-order valence-corrected chi connectivity index (χ1v) is 10.4. The Balaban J connectivity index is 1.63. The Hall–Kier alpha value is -2.87. The normalized spacial score (nSPS) is 16.3. The number of nitrogens with zero attached hydrogens (tertiary/aromatic N) is 1. The van der Waals surface area contributed by atoms with Gasteiger partial charge in [0.15, 0.2) is 6.04 Å². The second-order valence-electron chi connectivity index (χ2n) is 6.42. The lowest BCUT2D eigenvalue weighted by molar-refractivity contribution is -0.145. The van der Waals surface area contributed by atoms with Gasteiger partial charge in [0, 0.05) is 16.7 Å². The predicted octanol–water partition coefficient (Wildman–Crippen LogP) is 5.63. The Labute approximate surface area is 186 Å². The number of thioether (sulfide) groups is 1. The standard InChI is InChI=1S/C22H14ClNO4S2/c23-15-8-4-7-14(11-15)17-10-9-16(28-17)12-18-20(25)24(22(29)30-18)19(21(26)27)13-5-2-1-3-6-13/h1-12,19H,(H,26,27)/b18-12+. The number of aliphatic carboxylic acids is 1. The lowest BCUT2D eigenvalue weighted by Crippen LogP contribution is -2.37. The summed E-state index contributed by atoms with van der Waals surface area (Å²) >= 11 is 12.4. The van der Waals surface area contributed by atoms with E-state index in [0.717, 1.165) is 22.2 Å². The van der Waals surface area contributed by atoms with Crippen LogP contribution in [0.15, 0.2) is 76.1 Å². The van der Waals surface area contributed by atoms with Crippen molar-refractivity contribution in [3.05, 3.63) is 88.0 Å². The fourth-order valence-electron chi connectivity index (χ4n) is 3.10. The molecule has 150 valence electrons. The van der Waals surface area contributed by atoms with E-state index in [2.05, 4.69) is 0 Å². The number of thiocarbonyl (C=S) groups is 1. The summed E-state index contributed by atoms with van der Waals surface area (Å²) in [4.78, 5) is 26.3. The van der Waals surface area contributed by atoms with Crippen molar-refractivity contribution in [2.24, 2.45) is 0 Å². The van der Waals surface area contributed by atoms with Crippen LogP contribution in [0.5, 0.6) is 0 Å². The number of hydrogen-bond donors (Lipinski definition) is 1. The van der Waals surface area contributed by atoms with E-state index in [4.69, 9.17) is 28.2 Å². The Morgan fingerprint density at radius 1 is 1.13 bits per heavy atom. The summed E-state index contributed by atoms with van der Waals surface area (Å²) in [6.07, 6.45) is 1.57. The van der Waals surface area contributed by atoms with Crippen LogP contribution in [0, 0.1) is 0 Å². The summed E-state index contributed by atoms with van der Waals surface area (Å²) in [7, 11) is 0. The van der Waals surface area contributed by atoms with Crippen molar-refractivity contribution in [2.75, 3.05) is 0 Å². The Morgan fingerprint density at radius 3 is 2.60 bits per heavy atom. The number of amides is 1. The largest absolute Gasteiger partial charge is 0.479 e. The van der Waals surface area contributed by atoms with Gasteiger partial charge in [-0.25, -0.2) is 4.79 Å². The molecule has 1 fully saturated rings. The van der Waals surface area contributed by atoms with Crippen LogP contribution in [0.25, 0.3) is 17.4 Å². The van der Waals surface area contributed by atoms with Crippen molar-refractivity contribution in [3.8, 4) is 11.3 Å². The van der Waals surface area contributed by atoms with Crippen LogP contribution in [0.2, 0.25) is 5.02 Å². The van der Waals surface area contributed by atoms with Gasteiger partial charge in [-0.05, 0) is 29.8 Å². The average molecular weight is 456 g/mol. The summed E-state index contributed by atoms with van der Waals surface area (Å²) in [5.74, 6) is -0.564. The van der Waals surface area contributed by atoms with E-state index in [1.807, 2.05) is 12.1 Å². The van der Waals surface area contributed by atoms with Gasteiger partial charge in [-0.1, -0.05) is 78.0 Å². The monoisotopic (exact) mass is 455 g/mol. The quantitative estimate of drug-likeness (QED) is 0.397. The third-order valence-corrected chi connectivity index (χ3v) is 6.01. The molecular formula is C22H14ClNO4S2. The molecule has 0 aliphatic carbocycles. The maximum absolute atomic E-state index is 13.0. The van der Waals surface area contributed by atoms with Crippen molar-refractivity contribution in [1.82, 2.24) is 4.90 Å². The number of carboxylic acid groups (broad SMARTS) is 1. The first-order chi connectivity index (χ1) is 14.4. The van der Waals surface area contributed by atoms with Crippen LogP contribution in [0.1, 0.15) is 17.4 Å². The Bertz CT molecular complexity index is 1170. The van der Waals surface area contributed by atoms with Gasteiger partial charge in [-0.15, -0.1) is 0 Å². The molecule has 1 aliphatic rings. The summed E-state index contributed by atoms with van der Waals surface area (Å²) in [6.45, 7) is 0. The molecule has 4 rings (SSSR count). The molecule has 0 spiro atoms. The number of furan rings is 1. The molecule has 0 radical (unpaired) electrons. The predicted molar refractivity (Wildman–Crippen MR) is 121 cm³/mol. The lowest BCUT2D eigenvalue weighted by Gasteiger charge is -2.23. The molecule has 1 N–H and O–H groups in total. The van der Waals surface area contributed by atoms with Crippen molar-refractivity contribution in [2.45, 2.75) is 6.04 Å². The number of carboxylic acids is 1. The molecule has 1 aromatic heterocycles. The van der Waals surface area contributed by atoms with E-state index in [9.17, 15) is 14.7 Å². The van der Waals surface area contributed by atoms with Gasteiger partial charge in [0.05, 0.1) is 4.91 Å². The fourth-order valence-corrected chi connectivity index (χ4v) is 4.58. The summed E-state index contributed by atoms with van der Waals surface area (Å²) in [5, 5.41) is 10.3. The minimum atomic E-state index is -1.19. The summed E-state index contributed by atoms with van der Waals surface area (Å²) in [6, 6.07) is 18.1. The molecule has 1 unspecified atom stereocenters. The molecule has 0 saturated carbocycles. The number of carbonyl (C=O) groups is 2. The number of rotatable bonds is 5. The van der Waals surface area contributed by atoms with E-state index in [1.165, 1.54) is 0 Å². The van der Waals surface area contributed by atoms with Gasteiger partial charge in [-0.3, -0.25) is 9.69 Å². The van der Waals surface area contributed by atoms with Crippen molar-refractivity contribution in [1.29, 1.82) is 0 Å². The van der Waals surface area contributed by atoms with Crippen molar-refractivity contribution in [3.63, 3.8) is 0 Å². The molecule has 1 saturated heterocycles.